The minimum absolute atomic E-state index is 0.0344. The van der Waals surface area contributed by atoms with E-state index in [9.17, 15) is 18.0 Å². The molecule has 0 radical (unpaired) electrons. The number of aromatic nitrogens is 1. The van der Waals surface area contributed by atoms with Gasteiger partial charge in [0.05, 0.1) is 11.6 Å². The zero-order valence-corrected chi connectivity index (χ0v) is 17.3. The number of nitrogens with one attached hydrogen (secondary N) is 1. The van der Waals surface area contributed by atoms with E-state index in [-0.39, 0.29) is 17.9 Å². The number of halogens is 3. The normalized spacial score (nSPS) is 16.8. The number of amides is 1. The van der Waals surface area contributed by atoms with Gasteiger partial charge in [-0.1, -0.05) is 0 Å². The highest BCUT2D eigenvalue weighted by Gasteiger charge is 2.31. The van der Waals surface area contributed by atoms with E-state index in [0.717, 1.165) is 12.3 Å². The minimum Gasteiger partial charge on any atom is -0.357 e. The van der Waals surface area contributed by atoms with Crippen molar-refractivity contribution in [2.75, 3.05) is 38.6 Å². The van der Waals surface area contributed by atoms with Crippen molar-refractivity contribution in [1.29, 1.82) is 0 Å². The Morgan fingerprint density at radius 1 is 1.31 bits per heavy atom. The van der Waals surface area contributed by atoms with Crippen molar-refractivity contribution in [2.45, 2.75) is 25.1 Å². The van der Waals surface area contributed by atoms with Crippen molar-refractivity contribution in [3.05, 3.63) is 46.3 Å². The molecule has 0 aliphatic carbocycles. The lowest BCUT2D eigenvalue weighted by molar-refractivity contribution is -0.137. The van der Waals surface area contributed by atoms with Crippen LogP contribution in [0.3, 0.4) is 0 Å². The first-order valence-electron chi connectivity index (χ1n) is 9.50. The molecule has 2 aromatic rings. The molecule has 0 spiro atoms. The van der Waals surface area contributed by atoms with Crippen LogP contribution >= 0.6 is 11.3 Å². The van der Waals surface area contributed by atoms with Gasteiger partial charge in [-0.05, 0) is 61.5 Å². The molecule has 9 heteroatoms. The van der Waals surface area contributed by atoms with E-state index in [1.807, 2.05) is 24.4 Å². The quantitative estimate of drug-likeness (QED) is 0.764. The van der Waals surface area contributed by atoms with Gasteiger partial charge >= 0.3 is 6.18 Å². The van der Waals surface area contributed by atoms with E-state index in [2.05, 4.69) is 26.6 Å². The van der Waals surface area contributed by atoms with Crippen LogP contribution in [0.2, 0.25) is 0 Å². The molecule has 1 fully saturated rings. The molecular weight excluding hydrogens is 401 g/mol. The topological polar surface area (TPSA) is 48.5 Å². The Morgan fingerprint density at radius 2 is 2.03 bits per heavy atom. The predicted molar refractivity (Wildman–Crippen MR) is 108 cm³/mol. The Balaban J connectivity index is 1.50. The van der Waals surface area contributed by atoms with Crippen LogP contribution < -0.4 is 10.2 Å². The fourth-order valence-electron chi connectivity index (χ4n) is 3.52. The van der Waals surface area contributed by atoms with Gasteiger partial charge in [-0.25, -0.2) is 4.98 Å². The molecule has 29 heavy (non-hydrogen) atoms. The van der Waals surface area contributed by atoms with Gasteiger partial charge in [0, 0.05) is 31.7 Å². The number of hydrogen-bond donors (Lipinski definition) is 1. The standard InChI is InChI=1S/C20H25F3N4OS/c1-26(2)17(15-7-10-29-13-15)12-25-19(28)14-5-8-27(9-6-14)18-4-3-16(11-24-18)20(21,22)23/h3-4,7,10-11,13-14,17H,5-6,8-9,12H2,1-2H3,(H,25,28)/t17-/m0/s1. The molecule has 0 unspecified atom stereocenters. The Kier molecular flexibility index (Phi) is 6.79. The van der Waals surface area contributed by atoms with Gasteiger partial charge in [-0.2, -0.15) is 24.5 Å². The van der Waals surface area contributed by atoms with Crippen molar-refractivity contribution < 1.29 is 18.0 Å². The number of nitrogens with zero attached hydrogens (tertiary/aromatic N) is 3. The number of hydrogen-bond acceptors (Lipinski definition) is 5. The van der Waals surface area contributed by atoms with Crippen molar-refractivity contribution in [3.8, 4) is 0 Å². The number of carbonyl (C=O) groups excluding carboxylic acids is 1. The van der Waals surface area contributed by atoms with Crippen LogP contribution in [-0.4, -0.2) is 49.5 Å². The third-order valence-corrected chi connectivity index (χ3v) is 5.99. The second kappa shape index (κ2) is 9.13. The van der Waals surface area contributed by atoms with Crippen LogP contribution in [0.1, 0.15) is 30.0 Å². The molecule has 3 heterocycles. The van der Waals surface area contributed by atoms with Crippen molar-refractivity contribution in [3.63, 3.8) is 0 Å². The highest BCUT2D eigenvalue weighted by Crippen LogP contribution is 2.30. The summed E-state index contributed by atoms with van der Waals surface area (Å²) < 4.78 is 38.0. The maximum absolute atomic E-state index is 12.7. The Bertz CT molecular complexity index is 785. The smallest absolute Gasteiger partial charge is 0.357 e. The zero-order valence-electron chi connectivity index (χ0n) is 16.4. The molecule has 1 aliphatic rings. The van der Waals surface area contributed by atoms with Gasteiger partial charge in [0.2, 0.25) is 5.91 Å². The first kappa shape index (κ1) is 21.6. The summed E-state index contributed by atoms with van der Waals surface area (Å²) in [5.74, 6) is 0.458. The molecule has 1 saturated heterocycles. The van der Waals surface area contributed by atoms with E-state index in [1.165, 1.54) is 11.6 Å². The Labute approximate surface area is 172 Å². The Morgan fingerprint density at radius 3 is 2.55 bits per heavy atom. The maximum Gasteiger partial charge on any atom is 0.417 e. The van der Waals surface area contributed by atoms with E-state index in [4.69, 9.17) is 0 Å². The lowest BCUT2D eigenvalue weighted by Gasteiger charge is -2.33. The molecular formula is C20H25F3N4OS. The summed E-state index contributed by atoms with van der Waals surface area (Å²) in [5.41, 5.74) is 0.431. The fourth-order valence-corrected chi connectivity index (χ4v) is 4.22. The van der Waals surface area contributed by atoms with Crippen LogP contribution in [-0.2, 0) is 11.0 Å². The van der Waals surface area contributed by atoms with Gasteiger partial charge in [-0.3, -0.25) is 4.79 Å². The van der Waals surface area contributed by atoms with Crippen LogP contribution in [0.5, 0.6) is 0 Å². The van der Waals surface area contributed by atoms with Crippen LogP contribution in [0.15, 0.2) is 35.2 Å². The summed E-state index contributed by atoms with van der Waals surface area (Å²) in [6.45, 7) is 1.74. The first-order chi connectivity index (χ1) is 13.8. The number of pyridine rings is 1. The van der Waals surface area contributed by atoms with E-state index >= 15 is 0 Å². The van der Waals surface area contributed by atoms with Crippen LogP contribution in [0.4, 0.5) is 19.0 Å². The number of thiophene rings is 1. The third-order valence-electron chi connectivity index (χ3n) is 5.29. The average molecular weight is 427 g/mol. The number of likely N-dealkylation sites (N-methyl/N-ethyl adjacent to an activating group) is 1. The molecule has 5 nitrogen and oxygen atoms in total. The third kappa shape index (κ3) is 5.48. The van der Waals surface area contributed by atoms with E-state index in [1.54, 1.807) is 11.3 Å². The van der Waals surface area contributed by atoms with Gasteiger partial charge < -0.3 is 15.1 Å². The molecule has 1 aliphatic heterocycles. The SMILES string of the molecule is CN(C)[C@@H](CNC(=O)C1CCN(c2ccc(C(F)(F)F)cn2)CC1)c1ccsc1. The molecule has 1 N–H and O–H groups in total. The van der Waals surface area contributed by atoms with Crippen molar-refractivity contribution >= 4 is 23.1 Å². The highest BCUT2D eigenvalue weighted by atomic mass is 32.1. The molecule has 0 bridgehead atoms. The monoisotopic (exact) mass is 426 g/mol. The maximum atomic E-state index is 12.7. The largest absolute Gasteiger partial charge is 0.417 e. The van der Waals surface area contributed by atoms with E-state index < -0.39 is 11.7 Å². The number of alkyl halides is 3. The number of rotatable bonds is 6. The predicted octanol–water partition coefficient (Wildman–Crippen LogP) is 3.80. The highest BCUT2D eigenvalue weighted by molar-refractivity contribution is 7.07. The molecule has 3 rings (SSSR count). The van der Waals surface area contributed by atoms with Crippen LogP contribution in [0, 0.1) is 5.92 Å². The summed E-state index contributed by atoms with van der Waals surface area (Å²) in [6, 6.07) is 4.64. The Hall–Kier alpha value is -2.13. The average Bonchev–Trinajstić information content (AvgIpc) is 3.22. The fraction of sp³-hybridized carbons (Fsp3) is 0.500. The number of carbonyl (C=O) groups is 1. The lowest BCUT2D eigenvalue weighted by Crippen LogP contribution is -2.43. The summed E-state index contributed by atoms with van der Waals surface area (Å²) >= 11 is 1.63. The molecule has 0 aromatic carbocycles. The summed E-state index contributed by atoms with van der Waals surface area (Å²) in [7, 11) is 3.98. The minimum atomic E-state index is -4.38. The molecule has 1 amide bonds. The number of piperidine rings is 1. The van der Waals surface area contributed by atoms with Crippen molar-refractivity contribution in [1.82, 2.24) is 15.2 Å². The summed E-state index contributed by atoms with van der Waals surface area (Å²) in [5, 5.41) is 7.18. The molecule has 2 aromatic heterocycles. The van der Waals surface area contributed by atoms with Crippen molar-refractivity contribution in [2.24, 2.45) is 5.92 Å². The van der Waals surface area contributed by atoms with Gasteiger partial charge in [0.15, 0.2) is 0 Å². The van der Waals surface area contributed by atoms with Gasteiger partial charge in [-0.15, -0.1) is 0 Å². The lowest BCUT2D eigenvalue weighted by atomic mass is 9.95. The van der Waals surface area contributed by atoms with Crippen LogP contribution in [0.25, 0.3) is 0 Å². The van der Waals surface area contributed by atoms with E-state index in [0.29, 0.717) is 38.3 Å². The first-order valence-corrected chi connectivity index (χ1v) is 10.4. The summed E-state index contributed by atoms with van der Waals surface area (Å²) in [6.07, 6.45) is -2.22. The second-order valence-electron chi connectivity index (χ2n) is 7.45. The molecule has 1 atom stereocenters. The molecule has 158 valence electrons. The molecule has 0 saturated carbocycles. The second-order valence-corrected chi connectivity index (χ2v) is 8.23. The van der Waals surface area contributed by atoms with Gasteiger partial charge in [0.1, 0.15) is 5.82 Å². The number of anilines is 1. The summed E-state index contributed by atoms with van der Waals surface area (Å²) in [4.78, 5) is 20.6. The zero-order chi connectivity index (χ0) is 21.0. The van der Waals surface area contributed by atoms with Gasteiger partial charge in [0.25, 0.3) is 0 Å².